The van der Waals surface area contributed by atoms with Gasteiger partial charge < -0.3 is 10.4 Å². The Morgan fingerprint density at radius 2 is 1.79 bits per heavy atom. The molecular weight excluding hydrogens is 178 g/mol. The molecule has 2 N–H and O–H groups in total. The number of hydrogen-bond donors (Lipinski definition) is 2. The van der Waals surface area contributed by atoms with Crippen LogP contribution in [0.3, 0.4) is 0 Å². The fourth-order valence-electron chi connectivity index (χ4n) is 2.32. The second kappa shape index (κ2) is 4.30. The average molecular weight is 197 g/mol. The number of aliphatic hydroxyl groups is 1. The molecule has 2 saturated carbocycles. The maximum absolute atomic E-state index is 11.7. The number of carbonyl (C=O) groups excluding carboxylic acids is 1. The molecule has 2 unspecified atom stereocenters. The van der Waals surface area contributed by atoms with Gasteiger partial charge in [0.15, 0.2) is 0 Å². The van der Waals surface area contributed by atoms with Crippen molar-refractivity contribution < 1.29 is 9.90 Å². The van der Waals surface area contributed by atoms with Crippen LogP contribution in [0.4, 0.5) is 0 Å². The first-order valence-electron chi connectivity index (χ1n) is 5.76. The molecule has 3 nitrogen and oxygen atoms in total. The third-order valence-corrected chi connectivity index (χ3v) is 3.54. The molecule has 2 fully saturated rings. The Kier molecular flexibility index (Phi) is 3.06. The summed E-state index contributed by atoms with van der Waals surface area (Å²) in [5, 5.41) is 12.3. The first-order valence-corrected chi connectivity index (χ1v) is 5.76. The van der Waals surface area contributed by atoms with Crippen LogP contribution in [0, 0.1) is 5.92 Å². The van der Waals surface area contributed by atoms with Crippen LogP contribution in [0.1, 0.15) is 44.9 Å². The fourth-order valence-corrected chi connectivity index (χ4v) is 2.32. The highest BCUT2D eigenvalue weighted by atomic mass is 16.3. The molecule has 0 radical (unpaired) electrons. The highest BCUT2D eigenvalue weighted by Crippen LogP contribution is 2.25. The van der Waals surface area contributed by atoms with Gasteiger partial charge in [0.2, 0.25) is 5.91 Å². The predicted molar refractivity (Wildman–Crippen MR) is 53.7 cm³/mol. The van der Waals surface area contributed by atoms with E-state index in [0.29, 0.717) is 0 Å². The first-order chi connectivity index (χ1) is 6.77. The Bertz CT molecular complexity index is 211. The van der Waals surface area contributed by atoms with Gasteiger partial charge in [0.05, 0.1) is 12.1 Å². The normalized spacial score (nSPS) is 33.5. The van der Waals surface area contributed by atoms with Gasteiger partial charge in [0.25, 0.3) is 0 Å². The second-order valence-corrected chi connectivity index (χ2v) is 4.59. The van der Waals surface area contributed by atoms with E-state index in [1.807, 2.05) is 0 Å². The van der Waals surface area contributed by atoms with E-state index in [9.17, 15) is 9.90 Å². The Labute approximate surface area is 84.9 Å². The summed E-state index contributed by atoms with van der Waals surface area (Å²) in [6, 6.07) is 0.0458. The molecule has 2 atom stereocenters. The summed E-state index contributed by atoms with van der Waals surface area (Å²) in [6.07, 6.45) is 7.22. The van der Waals surface area contributed by atoms with Crippen molar-refractivity contribution in [3.63, 3.8) is 0 Å². The molecule has 1 amide bonds. The van der Waals surface area contributed by atoms with Crippen molar-refractivity contribution in [3.8, 4) is 0 Å². The van der Waals surface area contributed by atoms with Crippen molar-refractivity contribution in [3.05, 3.63) is 0 Å². The monoisotopic (exact) mass is 197 g/mol. The van der Waals surface area contributed by atoms with E-state index >= 15 is 0 Å². The van der Waals surface area contributed by atoms with Gasteiger partial charge in [-0.15, -0.1) is 0 Å². The average Bonchev–Trinajstić information content (AvgIpc) is 2.24. The summed E-state index contributed by atoms with van der Waals surface area (Å²) in [5.74, 6) is 0.394. The van der Waals surface area contributed by atoms with Gasteiger partial charge >= 0.3 is 0 Å². The van der Waals surface area contributed by atoms with Gasteiger partial charge in [-0.05, 0) is 25.7 Å². The molecule has 0 saturated heterocycles. The molecule has 2 rings (SSSR count). The molecule has 14 heavy (non-hydrogen) atoms. The van der Waals surface area contributed by atoms with E-state index in [-0.39, 0.29) is 24.0 Å². The van der Waals surface area contributed by atoms with E-state index in [0.717, 1.165) is 25.7 Å². The number of rotatable bonds is 2. The minimum Gasteiger partial charge on any atom is -0.391 e. The minimum absolute atomic E-state index is 0.0458. The van der Waals surface area contributed by atoms with E-state index in [4.69, 9.17) is 0 Å². The zero-order valence-corrected chi connectivity index (χ0v) is 8.54. The maximum Gasteiger partial charge on any atom is 0.223 e. The molecule has 0 aromatic carbocycles. The molecule has 0 bridgehead atoms. The largest absolute Gasteiger partial charge is 0.391 e. The molecule has 2 aliphatic carbocycles. The second-order valence-electron chi connectivity index (χ2n) is 4.59. The summed E-state index contributed by atoms with van der Waals surface area (Å²) in [6.45, 7) is 0. The van der Waals surface area contributed by atoms with Crippen molar-refractivity contribution in [1.29, 1.82) is 0 Å². The van der Waals surface area contributed by atoms with Crippen LogP contribution in [0.25, 0.3) is 0 Å². The topological polar surface area (TPSA) is 49.3 Å². The van der Waals surface area contributed by atoms with E-state index in [1.165, 1.54) is 19.3 Å². The third kappa shape index (κ3) is 2.08. The molecule has 3 heteroatoms. The molecule has 0 spiro atoms. The van der Waals surface area contributed by atoms with Crippen molar-refractivity contribution in [2.24, 2.45) is 5.92 Å². The fraction of sp³-hybridized carbons (Fsp3) is 0.909. The highest BCUT2D eigenvalue weighted by molar-refractivity contribution is 5.79. The Morgan fingerprint density at radius 1 is 1.07 bits per heavy atom. The summed E-state index contributed by atoms with van der Waals surface area (Å²) in [4.78, 5) is 11.7. The first kappa shape index (κ1) is 9.97. The Hall–Kier alpha value is -0.570. The molecule has 80 valence electrons. The summed E-state index contributed by atoms with van der Waals surface area (Å²) in [7, 11) is 0. The zero-order chi connectivity index (χ0) is 9.97. The van der Waals surface area contributed by atoms with Crippen molar-refractivity contribution in [1.82, 2.24) is 5.32 Å². The maximum atomic E-state index is 11.7. The number of amides is 1. The highest BCUT2D eigenvalue weighted by Gasteiger charge is 2.32. The Balaban J connectivity index is 1.76. The number of nitrogens with one attached hydrogen (secondary N) is 1. The SMILES string of the molecule is O=C(NC1CCC1O)C1CCCCC1. The van der Waals surface area contributed by atoms with Gasteiger partial charge in [-0.3, -0.25) is 4.79 Å². The van der Waals surface area contributed by atoms with Crippen LogP contribution in [0.5, 0.6) is 0 Å². The van der Waals surface area contributed by atoms with Crippen LogP contribution in [0.15, 0.2) is 0 Å². The molecule has 0 aromatic heterocycles. The third-order valence-electron chi connectivity index (χ3n) is 3.54. The summed E-state index contributed by atoms with van der Waals surface area (Å²) in [5.41, 5.74) is 0. The molecular formula is C11H19NO2. The molecule has 2 aliphatic rings. The van der Waals surface area contributed by atoms with Crippen LogP contribution in [-0.4, -0.2) is 23.2 Å². The van der Waals surface area contributed by atoms with Gasteiger partial charge in [0.1, 0.15) is 0 Å². The standard InChI is InChI=1S/C11H19NO2/c13-10-7-6-9(10)12-11(14)8-4-2-1-3-5-8/h8-10,13H,1-7H2,(H,12,14). The van der Waals surface area contributed by atoms with Crippen molar-refractivity contribution >= 4 is 5.91 Å². The quantitative estimate of drug-likeness (QED) is 0.699. The minimum atomic E-state index is -0.289. The van der Waals surface area contributed by atoms with Gasteiger partial charge in [-0.1, -0.05) is 19.3 Å². The number of aliphatic hydroxyl groups excluding tert-OH is 1. The lowest BCUT2D eigenvalue weighted by atomic mass is 9.86. The molecule has 0 aromatic rings. The van der Waals surface area contributed by atoms with Crippen LogP contribution >= 0.6 is 0 Å². The predicted octanol–water partition coefficient (Wildman–Crippen LogP) is 1.21. The van der Waals surface area contributed by atoms with Crippen molar-refractivity contribution in [2.75, 3.05) is 0 Å². The van der Waals surface area contributed by atoms with E-state index < -0.39 is 0 Å². The summed E-state index contributed by atoms with van der Waals surface area (Å²) < 4.78 is 0. The van der Waals surface area contributed by atoms with E-state index in [2.05, 4.69) is 5.32 Å². The van der Waals surface area contributed by atoms with Gasteiger partial charge in [-0.25, -0.2) is 0 Å². The molecule has 0 aliphatic heterocycles. The number of hydrogen-bond acceptors (Lipinski definition) is 2. The molecule has 0 heterocycles. The smallest absolute Gasteiger partial charge is 0.223 e. The van der Waals surface area contributed by atoms with Crippen LogP contribution in [0.2, 0.25) is 0 Å². The van der Waals surface area contributed by atoms with Gasteiger partial charge in [-0.2, -0.15) is 0 Å². The van der Waals surface area contributed by atoms with Crippen LogP contribution in [-0.2, 0) is 4.79 Å². The summed E-state index contributed by atoms with van der Waals surface area (Å²) >= 11 is 0. The zero-order valence-electron chi connectivity index (χ0n) is 8.54. The van der Waals surface area contributed by atoms with Gasteiger partial charge in [0, 0.05) is 5.92 Å². The Morgan fingerprint density at radius 3 is 2.29 bits per heavy atom. The van der Waals surface area contributed by atoms with Crippen LogP contribution < -0.4 is 5.32 Å². The lowest BCUT2D eigenvalue weighted by molar-refractivity contribution is -0.128. The lowest BCUT2D eigenvalue weighted by Gasteiger charge is -2.34. The number of carbonyl (C=O) groups is 1. The van der Waals surface area contributed by atoms with Crippen molar-refractivity contribution in [2.45, 2.75) is 57.1 Å². The van der Waals surface area contributed by atoms with E-state index in [1.54, 1.807) is 0 Å². The lowest BCUT2D eigenvalue weighted by Crippen LogP contribution is -2.51.